The Labute approximate surface area is 122 Å². The monoisotopic (exact) mass is 286 g/mol. The van der Waals surface area contributed by atoms with Gasteiger partial charge in [0.2, 0.25) is 0 Å². The maximum Gasteiger partial charge on any atom is 0.127 e. The molecule has 0 saturated heterocycles. The third-order valence-corrected chi connectivity index (χ3v) is 2.97. The van der Waals surface area contributed by atoms with Crippen LogP contribution in [0.5, 0.6) is 11.5 Å². The van der Waals surface area contributed by atoms with Gasteiger partial charge in [0.25, 0.3) is 0 Å². The Hall–Kier alpha value is -2.58. The van der Waals surface area contributed by atoms with Crippen LogP contribution in [0.4, 0.5) is 4.39 Å². The Kier molecular flexibility index (Phi) is 4.75. The number of methoxy groups -OCH3 is 1. The molecule has 5 heteroatoms. The molecule has 0 radical (unpaired) electrons. The lowest BCUT2D eigenvalue weighted by atomic mass is 10.1. The molecule has 2 N–H and O–H groups in total. The molecular formula is C16H15FN2O2. The molecule has 0 aliphatic heterocycles. The van der Waals surface area contributed by atoms with Crippen LogP contribution in [0.25, 0.3) is 0 Å². The van der Waals surface area contributed by atoms with Crippen molar-refractivity contribution in [2.24, 2.45) is 5.73 Å². The number of nitrogens with two attached hydrogens (primary N) is 1. The predicted octanol–water partition coefficient (Wildman–Crippen LogP) is 2.74. The van der Waals surface area contributed by atoms with Crippen LogP contribution in [0, 0.1) is 17.1 Å². The molecule has 21 heavy (non-hydrogen) atoms. The van der Waals surface area contributed by atoms with E-state index >= 15 is 0 Å². The molecule has 0 atom stereocenters. The van der Waals surface area contributed by atoms with E-state index in [9.17, 15) is 4.39 Å². The summed E-state index contributed by atoms with van der Waals surface area (Å²) in [7, 11) is 1.54. The zero-order valence-electron chi connectivity index (χ0n) is 11.6. The van der Waals surface area contributed by atoms with Gasteiger partial charge < -0.3 is 15.2 Å². The second-order valence-corrected chi connectivity index (χ2v) is 4.43. The number of ether oxygens (including phenoxy) is 2. The van der Waals surface area contributed by atoms with Crippen LogP contribution in [-0.2, 0) is 13.2 Å². The van der Waals surface area contributed by atoms with E-state index in [4.69, 9.17) is 20.5 Å². The largest absolute Gasteiger partial charge is 0.496 e. The van der Waals surface area contributed by atoms with Crippen molar-refractivity contribution < 1.29 is 13.9 Å². The van der Waals surface area contributed by atoms with Crippen LogP contribution in [0.3, 0.4) is 0 Å². The number of halogens is 1. The van der Waals surface area contributed by atoms with E-state index in [1.807, 2.05) is 0 Å². The van der Waals surface area contributed by atoms with Crippen LogP contribution in [0.15, 0.2) is 36.4 Å². The van der Waals surface area contributed by atoms with Gasteiger partial charge in [-0.1, -0.05) is 0 Å². The molecule has 0 aliphatic carbocycles. The van der Waals surface area contributed by atoms with E-state index in [1.165, 1.54) is 12.1 Å². The van der Waals surface area contributed by atoms with Crippen molar-refractivity contribution in [2.45, 2.75) is 13.2 Å². The molecule has 0 amide bonds. The van der Waals surface area contributed by atoms with Gasteiger partial charge in [-0.3, -0.25) is 0 Å². The summed E-state index contributed by atoms with van der Waals surface area (Å²) >= 11 is 0. The van der Waals surface area contributed by atoms with Crippen molar-refractivity contribution in [3.8, 4) is 17.6 Å². The Balaban J connectivity index is 2.20. The molecule has 0 saturated carbocycles. The highest BCUT2D eigenvalue weighted by atomic mass is 19.1. The number of hydrogen-bond acceptors (Lipinski definition) is 4. The molecule has 4 nitrogen and oxygen atoms in total. The highest BCUT2D eigenvalue weighted by Gasteiger charge is 2.07. The van der Waals surface area contributed by atoms with E-state index in [-0.39, 0.29) is 13.2 Å². The molecule has 2 aromatic rings. The summed E-state index contributed by atoms with van der Waals surface area (Å²) in [5.41, 5.74) is 7.38. The second kappa shape index (κ2) is 6.73. The first-order chi connectivity index (χ1) is 10.2. The van der Waals surface area contributed by atoms with Crippen molar-refractivity contribution >= 4 is 0 Å². The smallest absolute Gasteiger partial charge is 0.127 e. The lowest BCUT2D eigenvalue weighted by Gasteiger charge is -2.11. The fraction of sp³-hybridized carbons (Fsp3) is 0.188. The summed E-state index contributed by atoms with van der Waals surface area (Å²) in [6.45, 7) is 0.410. The Bertz CT molecular complexity index is 680. The van der Waals surface area contributed by atoms with Gasteiger partial charge in [-0.05, 0) is 35.9 Å². The minimum Gasteiger partial charge on any atom is -0.496 e. The zero-order valence-corrected chi connectivity index (χ0v) is 11.6. The number of benzene rings is 2. The van der Waals surface area contributed by atoms with Gasteiger partial charge in [0.15, 0.2) is 0 Å². The minimum absolute atomic E-state index is 0.173. The highest BCUT2D eigenvalue weighted by molar-refractivity contribution is 5.42. The summed E-state index contributed by atoms with van der Waals surface area (Å²) in [6.07, 6.45) is 0. The van der Waals surface area contributed by atoms with Gasteiger partial charge in [-0.2, -0.15) is 5.26 Å². The van der Waals surface area contributed by atoms with Crippen LogP contribution < -0.4 is 15.2 Å². The average Bonchev–Trinajstić information content (AvgIpc) is 2.51. The van der Waals surface area contributed by atoms with Gasteiger partial charge in [0.1, 0.15) is 23.9 Å². The predicted molar refractivity (Wildman–Crippen MR) is 76.3 cm³/mol. The minimum atomic E-state index is -0.398. The summed E-state index contributed by atoms with van der Waals surface area (Å²) in [6, 6.07) is 11.4. The van der Waals surface area contributed by atoms with Gasteiger partial charge in [-0.15, -0.1) is 0 Å². The molecular weight excluding hydrogens is 271 g/mol. The van der Waals surface area contributed by atoms with E-state index in [2.05, 4.69) is 6.07 Å². The molecule has 0 heterocycles. The Morgan fingerprint density at radius 3 is 2.71 bits per heavy atom. The first-order valence-corrected chi connectivity index (χ1v) is 6.35. The molecule has 0 unspecified atom stereocenters. The van der Waals surface area contributed by atoms with Crippen molar-refractivity contribution in [1.29, 1.82) is 5.26 Å². The van der Waals surface area contributed by atoms with Gasteiger partial charge in [0, 0.05) is 18.2 Å². The number of nitrogens with zero attached hydrogens (tertiary/aromatic N) is 1. The topological polar surface area (TPSA) is 68.3 Å². The molecule has 0 fully saturated rings. The van der Waals surface area contributed by atoms with Gasteiger partial charge in [0.05, 0.1) is 18.7 Å². The lowest BCUT2D eigenvalue weighted by Crippen LogP contribution is -2.02. The maximum absolute atomic E-state index is 13.4. The van der Waals surface area contributed by atoms with Crippen molar-refractivity contribution in [2.75, 3.05) is 7.11 Å². The molecule has 0 aromatic heterocycles. The lowest BCUT2D eigenvalue weighted by molar-refractivity contribution is 0.295. The quantitative estimate of drug-likeness (QED) is 0.917. The van der Waals surface area contributed by atoms with Crippen molar-refractivity contribution in [3.63, 3.8) is 0 Å². The maximum atomic E-state index is 13.4. The zero-order chi connectivity index (χ0) is 15.2. The fourth-order valence-electron chi connectivity index (χ4n) is 1.94. The molecule has 0 spiro atoms. The van der Waals surface area contributed by atoms with Crippen LogP contribution in [0.2, 0.25) is 0 Å². The van der Waals surface area contributed by atoms with E-state index in [0.29, 0.717) is 22.6 Å². The third kappa shape index (κ3) is 3.71. The van der Waals surface area contributed by atoms with E-state index in [1.54, 1.807) is 31.4 Å². The summed E-state index contributed by atoms with van der Waals surface area (Å²) in [5, 5.41) is 8.92. The third-order valence-electron chi connectivity index (χ3n) is 2.97. The number of rotatable bonds is 5. The molecule has 0 aliphatic rings. The van der Waals surface area contributed by atoms with Crippen molar-refractivity contribution in [3.05, 3.63) is 58.9 Å². The standard InChI is InChI=1S/C16H15FN2O2/c1-20-16-3-2-11(8-18)4-13(16)10-21-15-6-12(9-19)5-14(17)7-15/h2-7H,9-10,19H2,1H3. The van der Waals surface area contributed by atoms with E-state index in [0.717, 1.165) is 5.56 Å². The average molecular weight is 286 g/mol. The van der Waals surface area contributed by atoms with Gasteiger partial charge in [-0.25, -0.2) is 4.39 Å². The highest BCUT2D eigenvalue weighted by Crippen LogP contribution is 2.23. The summed E-state index contributed by atoms with van der Waals surface area (Å²) in [4.78, 5) is 0. The van der Waals surface area contributed by atoms with E-state index < -0.39 is 5.82 Å². The summed E-state index contributed by atoms with van der Waals surface area (Å²) < 4.78 is 24.2. The first kappa shape index (κ1) is 14.8. The Morgan fingerprint density at radius 2 is 2.05 bits per heavy atom. The summed E-state index contributed by atoms with van der Waals surface area (Å²) in [5.74, 6) is 0.606. The molecule has 108 valence electrons. The van der Waals surface area contributed by atoms with Crippen LogP contribution in [0.1, 0.15) is 16.7 Å². The first-order valence-electron chi connectivity index (χ1n) is 6.35. The van der Waals surface area contributed by atoms with Crippen molar-refractivity contribution in [1.82, 2.24) is 0 Å². The SMILES string of the molecule is COc1ccc(C#N)cc1COc1cc(F)cc(CN)c1. The number of hydrogen-bond donors (Lipinski definition) is 1. The second-order valence-electron chi connectivity index (χ2n) is 4.43. The fourth-order valence-corrected chi connectivity index (χ4v) is 1.94. The van der Waals surface area contributed by atoms with Crippen LogP contribution in [-0.4, -0.2) is 7.11 Å². The Morgan fingerprint density at radius 1 is 1.24 bits per heavy atom. The normalized spacial score (nSPS) is 10.0. The molecule has 2 aromatic carbocycles. The van der Waals surface area contributed by atoms with Crippen LogP contribution >= 0.6 is 0 Å². The van der Waals surface area contributed by atoms with Gasteiger partial charge >= 0.3 is 0 Å². The molecule has 2 rings (SSSR count). The number of nitriles is 1. The molecule has 0 bridgehead atoms.